The molecule has 0 fully saturated rings. The molecule has 0 aliphatic carbocycles. The number of nitrogens with zero attached hydrogens (tertiary/aromatic N) is 5. The van der Waals surface area contributed by atoms with Crippen LogP contribution in [0.25, 0.3) is 0 Å². The molecule has 0 aliphatic rings. The predicted octanol–water partition coefficient (Wildman–Crippen LogP) is 1.97. The highest BCUT2D eigenvalue weighted by Crippen LogP contribution is 2.34. The van der Waals surface area contributed by atoms with Crippen molar-refractivity contribution in [3.05, 3.63) is 21.7 Å². The summed E-state index contributed by atoms with van der Waals surface area (Å²) in [6.07, 6.45) is 0. The Morgan fingerprint density at radius 1 is 1.35 bits per heavy atom. The molecule has 2 aromatic heterocycles. The third-order valence-electron chi connectivity index (χ3n) is 2.24. The van der Waals surface area contributed by atoms with E-state index in [0.29, 0.717) is 18.4 Å². The summed E-state index contributed by atoms with van der Waals surface area (Å²) in [5.74, 6) is 0.710. The van der Waals surface area contributed by atoms with E-state index in [4.69, 9.17) is 4.42 Å². The van der Waals surface area contributed by atoms with Gasteiger partial charge in [0.2, 0.25) is 11.8 Å². The fraction of sp³-hybridized carbons (Fsp3) is 0.400. The van der Waals surface area contributed by atoms with Gasteiger partial charge in [-0.1, -0.05) is 0 Å². The number of hydrogen-bond acceptors (Lipinski definition) is 9. The van der Waals surface area contributed by atoms with E-state index in [1.807, 2.05) is 6.92 Å². The molecule has 0 bridgehead atoms. The minimum absolute atomic E-state index is 0.160. The van der Waals surface area contributed by atoms with Crippen molar-refractivity contribution in [3.63, 3.8) is 0 Å². The largest absolute Gasteiger partial charge is 0.416 e. The van der Waals surface area contributed by atoms with Crippen molar-refractivity contribution in [3.8, 4) is 0 Å². The van der Waals surface area contributed by atoms with Crippen LogP contribution in [0.2, 0.25) is 0 Å². The molecular weight excluding hydrogens is 284 g/mol. The summed E-state index contributed by atoms with van der Waals surface area (Å²) < 4.78 is 5.20. The molecule has 0 unspecified atom stereocenters. The standard InChI is InChI=1S/C10H12N6O3S/c1-4-11-9-12-5(2)7(16(17)18)8(13-9)20-10-15-14-6(3)19-10/h4H2,1-3H3,(H,11,12,13). The molecule has 10 heteroatoms. The van der Waals surface area contributed by atoms with E-state index in [1.165, 1.54) is 0 Å². The van der Waals surface area contributed by atoms with Gasteiger partial charge in [0.05, 0.1) is 4.92 Å². The lowest BCUT2D eigenvalue weighted by Crippen LogP contribution is -2.07. The number of nitrogens with one attached hydrogen (secondary N) is 1. The maximum absolute atomic E-state index is 11.1. The average molecular weight is 296 g/mol. The molecule has 0 aromatic carbocycles. The summed E-state index contributed by atoms with van der Waals surface area (Å²) in [5, 5.41) is 21.9. The second-order valence-corrected chi connectivity index (χ2v) is 4.70. The predicted molar refractivity (Wildman–Crippen MR) is 70.7 cm³/mol. The van der Waals surface area contributed by atoms with Crippen LogP contribution in [0.4, 0.5) is 11.6 Å². The van der Waals surface area contributed by atoms with Crippen LogP contribution in [0.15, 0.2) is 14.7 Å². The number of nitro groups is 1. The third kappa shape index (κ3) is 3.02. The van der Waals surface area contributed by atoms with Gasteiger partial charge in [0.15, 0.2) is 5.03 Å². The molecule has 0 spiro atoms. The second-order valence-electron chi connectivity index (χ2n) is 3.76. The monoisotopic (exact) mass is 296 g/mol. The van der Waals surface area contributed by atoms with Crippen LogP contribution in [-0.2, 0) is 0 Å². The smallest absolute Gasteiger partial charge is 0.323 e. The lowest BCUT2D eigenvalue weighted by molar-refractivity contribution is -0.389. The molecule has 20 heavy (non-hydrogen) atoms. The van der Waals surface area contributed by atoms with Crippen LogP contribution in [0.1, 0.15) is 18.5 Å². The Morgan fingerprint density at radius 2 is 2.10 bits per heavy atom. The molecule has 1 N–H and O–H groups in total. The van der Waals surface area contributed by atoms with Gasteiger partial charge in [-0.05, 0) is 25.6 Å². The number of aromatic nitrogens is 4. The summed E-state index contributed by atoms with van der Waals surface area (Å²) in [5.41, 5.74) is 0.118. The molecule has 9 nitrogen and oxygen atoms in total. The first-order valence-corrected chi connectivity index (χ1v) is 6.57. The van der Waals surface area contributed by atoms with E-state index in [-0.39, 0.29) is 21.6 Å². The highest BCUT2D eigenvalue weighted by Gasteiger charge is 2.24. The summed E-state index contributed by atoms with van der Waals surface area (Å²) in [7, 11) is 0. The molecule has 106 valence electrons. The number of rotatable bonds is 5. The highest BCUT2D eigenvalue weighted by atomic mass is 32.2. The average Bonchev–Trinajstić information content (AvgIpc) is 2.74. The lowest BCUT2D eigenvalue weighted by Gasteiger charge is -2.06. The molecule has 2 heterocycles. The summed E-state index contributed by atoms with van der Waals surface area (Å²) in [4.78, 5) is 18.8. The number of hydrogen-bond donors (Lipinski definition) is 1. The maximum atomic E-state index is 11.1. The van der Waals surface area contributed by atoms with Gasteiger partial charge >= 0.3 is 5.69 Å². The van der Waals surface area contributed by atoms with E-state index in [9.17, 15) is 10.1 Å². The van der Waals surface area contributed by atoms with Crippen LogP contribution >= 0.6 is 11.8 Å². The van der Waals surface area contributed by atoms with Crippen molar-refractivity contribution < 1.29 is 9.34 Å². The van der Waals surface area contributed by atoms with E-state index >= 15 is 0 Å². The van der Waals surface area contributed by atoms with E-state index < -0.39 is 4.92 Å². The molecule has 0 amide bonds. The molecule has 0 atom stereocenters. The topological polar surface area (TPSA) is 120 Å². The van der Waals surface area contributed by atoms with Crippen molar-refractivity contribution in [2.24, 2.45) is 0 Å². The third-order valence-corrected chi connectivity index (χ3v) is 3.05. The van der Waals surface area contributed by atoms with Gasteiger partial charge < -0.3 is 9.73 Å². The minimum atomic E-state index is -0.517. The van der Waals surface area contributed by atoms with Crippen LogP contribution in [0.5, 0.6) is 0 Å². The molecule has 2 rings (SSSR count). The van der Waals surface area contributed by atoms with Gasteiger partial charge in [-0.15, -0.1) is 10.2 Å². The van der Waals surface area contributed by atoms with Gasteiger partial charge in [-0.2, -0.15) is 4.98 Å². The quantitative estimate of drug-likeness (QED) is 0.501. The maximum Gasteiger partial charge on any atom is 0.323 e. The summed E-state index contributed by atoms with van der Waals surface area (Å²) in [6, 6.07) is 0. The van der Waals surface area contributed by atoms with Crippen LogP contribution < -0.4 is 5.32 Å². The molecule has 0 saturated carbocycles. The SMILES string of the molecule is CCNc1nc(C)c([N+](=O)[O-])c(Sc2nnc(C)o2)n1. The first-order valence-electron chi connectivity index (χ1n) is 5.76. The fourth-order valence-electron chi connectivity index (χ4n) is 1.46. The van der Waals surface area contributed by atoms with E-state index in [1.54, 1.807) is 13.8 Å². The molecule has 0 radical (unpaired) electrons. The zero-order chi connectivity index (χ0) is 14.7. The van der Waals surface area contributed by atoms with E-state index in [0.717, 1.165) is 11.8 Å². The first-order chi connectivity index (χ1) is 9.51. The number of aryl methyl sites for hydroxylation is 2. The van der Waals surface area contributed by atoms with Gasteiger partial charge in [0.1, 0.15) is 5.69 Å². The van der Waals surface area contributed by atoms with Gasteiger partial charge in [0, 0.05) is 13.5 Å². The Morgan fingerprint density at radius 3 is 2.65 bits per heavy atom. The zero-order valence-corrected chi connectivity index (χ0v) is 11.9. The molecule has 0 saturated heterocycles. The fourth-order valence-corrected chi connectivity index (χ4v) is 2.32. The number of anilines is 1. The van der Waals surface area contributed by atoms with Crippen LogP contribution in [0.3, 0.4) is 0 Å². The first kappa shape index (κ1) is 14.2. The summed E-state index contributed by atoms with van der Waals surface area (Å²) >= 11 is 0.945. The Labute approximate surface area is 118 Å². The Bertz CT molecular complexity index is 644. The van der Waals surface area contributed by atoms with Gasteiger partial charge in [-0.25, -0.2) is 4.98 Å². The zero-order valence-electron chi connectivity index (χ0n) is 11.1. The Balaban J connectivity index is 2.44. The van der Waals surface area contributed by atoms with Crippen LogP contribution in [0, 0.1) is 24.0 Å². The highest BCUT2D eigenvalue weighted by molar-refractivity contribution is 7.99. The normalized spacial score (nSPS) is 10.6. The molecular formula is C10H12N6O3S. The van der Waals surface area contributed by atoms with E-state index in [2.05, 4.69) is 25.5 Å². The Hall–Kier alpha value is -2.23. The molecule has 0 aliphatic heterocycles. The van der Waals surface area contributed by atoms with Crippen molar-refractivity contribution in [2.75, 3.05) is 11.9 Å². The van der Waals surface area contributed by atoms with Crippen molar-refractivity contribution in [1.29, 1.82) is 0 Å². The van der Waals surface area contributed by atoms with Gasteiger partial charge in [0.25, 0.3) is 5.22 Å². The second kappa shape index (κ2) is 5.82. The van der Waals surface area contributed by atoms with Gasteiger partial charge in [-0.3, -0.25) is 10.1 Å². The van der Waals surface area contributed by atoms with Crippen molar-refractivity contribution in [1.82, 2.24) is 20.2 Å². The summed E-state index contributed by atoms with van der Waals surface area (Å²) in [6.45, 7) is 5.69. The minimum Gasteiger partial charge on any atom is -0.416 e. The Kier molecular flexibility index (Phi) is 4.13. The van der Waals surface area contributed by atoms with Crippen molar-refractivity contribution in [2.45, 2.75) is 31.0 Å². The molecule has 2 aromatic rings. The van der Waals surface area contributed by atoms with Crippen molar-refractivity contribution >= 4 is 23.4 Å². The van der Waals surface area contributed by atoms with Crippen LogP contribution in [-0.4, -0.2) is 31.6 Å². The lowest BCUT2D eigenvalue weighted by atomic mass is 10.4.